The molecule has 0 radical (unpaired) electrons. The molecule has 0 aliphatic carbocycles. The molecule has 1 aliphatic rings. The molecule has 0 unspecified atom stereocenters. The van der Waals surface area contributed by atoms with Gasteiger partial charge in [-0.1, -0.05) is 18.2 Å². The van der Waals surface area contributed by atoms with E-state index in [1.165, 1.54) is 29.3 Å². The van der Waals surface area contributed by atoms with Crippen molar-refractivity contribution >= 4 is 11.6 Å². The van der Waals surface area contributed by atoms with E-state index in [1.54, 1.807) is 6.07 Å². The largest absolute Gasteiger partial charge is 0.392 e. The smallest absolute Gasteiger partial charge is 0.171 e. The summed E-state index contributed by atoms with van der Waals surface area (Å²) in [6, 6.07) is 5.73. The number of pyridine rings is 1. The Kier molecular flexibility index (Phi) is 3.39. The van der Waals surface area contributed by atoms with E-state index in [1.807, 2.05) is 0 Å². The molecule has 0 bridgehead atoms. The monoisotopic (exact) mass is 290 g/mol. The molecule has 21 heavy (non-hydrogen) atoms. The summed E-state index contributed by atoms with van der Waals surface area (Å²) in [5.74, 6) is -1.07. The van der Waals surface area contributed by atoms with E-state index in [9.17, 15) is 13.6 Å². The summed E-state index contributed by atoms with van der Waals surface area (Å²) in [6.45, 7) is -0.126. The molecule has 6 heteroatoms. The van der Waals surface area contributed by atoms with Crippen LogP contribution in [-0.2, 0) is 11.4 Å². The van der Waals surface area contributed by atoms with E-state index < -0.39 is 18.2 Å². The Hall–Kier alpha value is -2.34. The topological polar surface area (TPSA) is 53.4 Å². The van der Waals surface area contributed by atoms with Crippen molar-refractivity contribution in [2.45, 2.75) is 6.61 Å². The van der Waals surface area contributed by atoms with Gasteiger partial charge in [-0.15, -0.1) is 0 Å². The Morgan fingerprint density at radius 2 is 2.05 bits per heavy atom. The van der Waals surface area contributed by atoms with Gasteiger partial charge in [0.2, 0.25) is 0 Å². The zero-order valence-corrected chi connectivity index (χ0v) is 11.0. The van der Waals surface area contributed by atoms with Crippen molar-refractivity contribution < 1.29 is 18.7 Å². The zero-order chi connectivity index (χ0) is 15.0. The van der Waals surface area contributed by atoms with Gasteiger partial charge in [0.15, 0.2) is 17.4 Å². The predicted molar refractivity (Wildman–Crippen MR) is 72.7 cm³/mol. The second-order valence-corrected chi connectivity index (χ2v) is 4.86. The Bertz CT molecular complexity index is 711. The highest BCUT2D eigenvalue weighted by Gasteiger charge is 2.27. The summed E-state index contributed by atoms with van der Waals surface area (Å²) in [6.07, 6.45) is 1.36. The average molecular weight is 290 g/mol. The number of carbonyl (C=O) groups is 1. The van der Waals surface area contributed by atoms with Gasteiger partial charge in [-0.25, -0.2) is 13.8 Å². The van der Waals surface area contributed by atoms with Crippen LogP contribution in [0, 0.1) is 11.6 Å². The van der Waals surface area contributed by atoms with Gasteiger partial charge < -0.3 is 10.0 Å². The number of aliphatic hydroxyl groups is 1. The molecular weight excluding hydrogens is 278 g/mol. The highest BCUT2D eigenvalue weighted by atomic mass is 19.1. The van der Waals surface area contributed by atoms with E-state index in [4.69, 9.17) is 5.11 Å². The first kappa shape index (κ1) is 13.6. The standard InChI is InChI=1S/C15H12F2N2O2/c16-13-4-10(5-18-15(13)19-6-11(21)7-19)12-3-1-2-9(8-20)14(12)17/h1-5,20H,6-8H2. The quantitative estimate of drug-likeness (QED) is 0.938. The third kappa shape index (κ3) is 2.38. The molecule has 1 fully saturated rings. The van der Waals surface area contributed by atoms with E-state index in [-0.39, 0.29) is 41.4 Å². The van der Waals surface area contributed by atoms with Gasteiger partial charge in [0.1, 0.15) is 5.82 Å². The van der Waals surface area contributed by atoms with Crippen LogP contribution in [0.25, 0.3) is 11.1 Å². The van der Waals surface area contributed by atoms with Gasteiger partial charge in [0.05, 0.1) is 19.7 Å². The van der Waals surface area contributed by atoms with Crippen LogP contribution < -0.4 is 4.90 Å². The lowest BCUT2D eigenvalue weighted by Crippen LogP contribution is -2.48. The number of ketones is 1. The van der Waals surface area contributed by atoms with Gasteiger partial charge in [-0.05, 0) is 6.07 Å². The Balaban J connectivity index is 1.97. The number of aliphatic hydroxyl groups excluding tert-OH is 1. The maximum Gasteiger partial charge on any atom is 0.171 e. The fraction of sp³-hybridized carbons (Fsp3) is 0.200. The molecular formula is C15H12F2N2O2. The number of hydrogen-bond donors (Lipinski definition) is 1. The predicted octanol–water partition coefficient (Wildman–Crippen LogP) is 1.91. The maximum absolute atomic E-state index is 14.1. The molecule has 0 saturated carbocycles. The first-order valence-electron chi connectivity index (χ1n) is 6.41. The Morgan fingerprint density at radius 1 is 1.29 bits per heavy atom. The number of hydrogen-bond acceptors (Lipinski definition) is 4. The van der Waals surface area contributed by atoms with Crippen molar-refractivity contribution in [2.24, 2.45) is 0 Å². The molecule has 1 N–H and O–H groups in total. The van der Waals surface area contributed by atoms with E-state index >= 15 is 0 Å². The second-order valence-electron chi connectivity index (χ2n) is 4.86. The number of halogens is 2. The SMILES string of the molecule is O=C1CN(c2ncc(-c3cccc(CO)c3F)cc2F)C1. The summed E-state index contributed by atoms with van der Waals surface area (Å²) >= 11 is 0. The molecule has 1 aliphatic heterocycles. The molecule has 2 aromatic rings. The van der Waals surface area contributed by atoms with Crippen molar-refractivity contribution in [3.63, 3.8) is 0 Å². The summed E-state index contributed by atoms with van der Waals surface area (Å²) < 4.78 is 28.2. The second kappa shape index (κ2) is 5.21. The number of benzene rings is 1. The molecule has 108 valence electrons. The minimum absolute atomic E-state index is 0.0296. The Morgan fingerprint density at radius 3 is 2.67 bits per heavy atom. The van der Waals surface area contributed by atoms with Crippen molar-refractivity contribution in [3.05, 3.63) is 47.7 Å². The minimum atomic E-state index is -0.603. The molecule has 1 aromatic carbocycles. The average Bonchev–Trinajstić information content (AvgIpc) is 2.44. The molecule has 4 nitrogen and oxygen atoms in total. The first-order chi connectivity index (χ1) is 10.1. The van der Waals surface area contributed by atoms with Crippen LogP contribution in [0.5, 0.6) is 0 Å². The molecule has 0 amide bonds. The van der Waals surface area contributed by atoms with Crippen LogP contribution in [0.1, 0.15) is 5.56 Å². The Labute approximate surface area is 119 Å². The summed E-state index contributed by atoms with van der Waals surface area (Å²) in [4.78, 5) is 16.4. The van der Waals surface area contributed by atoms with Crippen LogP contribution in [0.3, 0.4) is 0 Å². The molecule has 0 atom stereocenters. The van der Waals surface area contributed by atoms with Gasteiger partial charge in [0.25, 0.3) is 0 Å². The zero-order valence-electron chi connectivity index (χ0n) is 11.0. The lowest BCUT2D eigenvalue weighted by molar-refractivity contribution is -0.119. The van der Waals surface area contributed by atoms with Gasteiger partial charge in [0, 0.05) is 22.9 Å². The van der Waals surface area contributed by atoms with Crippen LogP contribution in [-0.4, -0.2) is 29.0 Å². The van der Waals surface area contributed by atoms with Crippen LogP contribution >= 0.6 is 0 Å². The molecule has 0 spiro atoms. The number of aromatic nitrogens is 1. The highest BCUT2D eigenvalue weighted by Crippen LogP contribution is 2.28. The van der Waals surface area contributed by atoms with Crippen LogP contribution in [0.2, 0.25) is 0 Å². The molecule has 2 heterocycles. The molecule has 1 saturated heterocycles. The summed E-state index contributed by atoms with van der Waals surface area (Å²) in [5.41, 5.74) is 0.611. The number of rotatable bonds is 3. The van der Waals surface area contributed by atoms with Gasteiger partial charge in [-0.2, -0.15) is 0 Å². The number of Topliss-reactive ketones (excluding diaryl/α,β-unsaturated/α-hetero) is 1. The summed E-state index contributed by atoms with van der Waals surface area (Å²) in [5, 5.41) is 9.06. The van der Waals surface area contributed by atoms with Crippen LogP contribution in [0.15, 0.2) is 30.5 Å². The maximum atomic E-state index is 14.1. The van der Waals surface area contributed by atoms with Crippen molar-refractivity contribution in [3.8, 4) is 11.1 Å². The van der Waals surface area contributed by atoms with Crippen molar-refractivity contribution in [2.75, 3.05) is 18.0 Å². The van der Waals surface area contributed by atoms with Crippen LogP contribution in [0.4, 0.5) is 14.6 Å². The van der Waals surface area contributed by atoms with Crippen molar-refractivity contribution in [1.29, 1.82) is 0 Å². The normalized spacial score (nSPS) is 14.2. The van der Waals surface area contributed by atoms with E-state index in [0.29, 0.717) is 0 Å². The highest BCUT2D eigenvalue weighted by molar-refractivity contribution is 5.95. The fourth-order valence-corrected chi connectivity index (χ4v) is 2.26. The lowest BCUT2D eigenvalue weighted by atomic mass is 10.0. The van der Waals surface area contributed by atoms with E-state index in [2.05, 4.69) is 4.98 Å². The number of nitrogens with zero attached hydrogens (tertiary/aromatic N) is 2. The van der Waals surface area contributed by atoms with Gasteiger partial charge >= 0.3 is 0 Å². The lowest BCUT2D eigenvalue weighted by Gasteiger charge is -2.30. The summed E-state index contributed by atoms with van der Waals surface area (Å²) in [7, 11) is 0. The molecule has 1 aromatic heterocycles. The fourth-order valence-electron chi connectivity index (χ4n) is 2.26. The van der Waals surface area contributed by atoms with Gasteiger partial charge in [-0.3, -0.25) is 4.79 Å². The first-order valence-corrected chi connectivity index (χ1v) is 6.41. The third-order valence-electron chi connectivity index (χ3n) is 3.42. The minimum Gasteiger partial charge on any atom is -0.392 e. The van der Waals surface area contributed by atoms with Crippen molar-refractivity contribution in [1.82, 2.24) is 4.98 Å². The number of carbonyl (C=O) groups excluding carboxylic acids is 1. The molecule has 3 rings (SSSR count). The number of anilines is 1. The third-order valence-corrected chi connectivity index (χ3v) is 3.42. The van der Waals surface area contributed by atoms with E-state index in [0.717, 1.165) is 0 Å².